The van der Waals surface area contributed by atoms with Crippen LogP contribution in [-0.4, -0.2) is 78.8 Å². The third kappa shape index (κ3) is 6.09. The molecule has 0 spiro atoms. The van der Waals surface area contributed by atoms with E-state index >= 15 is 0 Å². The molecule has 1 aliphatic heterocycles. The van der Waals surface area contributed by atoms with E-state index in [2.05, 4.69) is 21.9 Å². The number of urea groups is 1. The van der Waals surface area contributed by atoms with Crippen LogP contribution in [0.5, 0.6) is 0 Å². The second-order valence-electron chi connectivity index (χ2n) is 5.02. The standard InChI is InChI=1S/C13H23N3O5/c1-3-16-6-4-10(5-7-16)15(2)13(20)14-11(17)8-21-9-12(18)19/h10H,3-9H2,1-2H3,(H,18,19)(H,14,17,20). The van der Waals surface area contributed by atoms with Gasteiger partial charge in [0.2, 0.25) is 0 Å². The number of carboxylic acid groups (broad SMARTS) is 1. The first kappa shape index (κ1) is 17.4. The Labute approximate surface area is 124 Å². The first-order valence-corrected chi connectivity index (χ1v) is 7.02. The smallest absolute Gasteiger partial charge is 0.329 e. The number of nitrogens with one attached hydrogen (secondary N) is 1. The number of carbonyl (C=O) groups excluding carboxylic acids is 2. The van der Waals surface area contributed by atoms with Gasteiger partial charge in [-0.15, -0.1) is 0 Å². The topological polar surface area (TPSA) is 99.2 Å². The monoisotopic (exact) mass is 301 g/mol. The summed E-state index contributed by atoms with van der Waals surface area (Å²) in [7, 11) is 1.66. The van der Waals surface area contributed by atoms with E-state index in [0.29, 0.717) is 0 Å². The molecule has 0 aromatic carbocycles. The number of rotatable bonds is 6. The van der Waals surface area contributed by atoms with Crippen molar-refractivity contribution in [3.05, 3.63) is 0 Å². The van der Waals surface area contributed by atoms with Gasteiger partial charge in [-0.1, -0.05) is 6.92 Å². The number of amides is 3. The summed E-state index contributed by atoms with van der Waals surface area (Å²) in [6.07, 6.45) is 1.75. The molecule has 3 amide bonds. The minimum Gasteiger partial charge on any atom is -0.480 e. The molecule has 0 aromatic heterocycles. The highest BCUT2D eigenvalue weighted by Crippen LogP contribution is 2.14. The molecule has 1 heterocycles. The second kappa shape index (κ2) is 8.58. The van der Waals surface area contributed by atoms with E-state index in [1.165, 1.54) is 4.90 Å². The molecule has 21 heavy (non-hydrogen) atoms. The molecule has 0 aliphatic carbocycles. The zero-order valence-electron chi connectivity index (χ0n) is 12.5. The summed E-state index contributed by atoms with van der Waals surface area (Å²) < 4.78 is 4.62. The van der Waals surface area contributed by atoms with Gasteiger partial charge in [0.05, 0.1) is 0 Å². The quantitative estimate of drug-likeness (QED) is 0.701. The van der Waals surface area contributed by atoms with Crippen LogP contribution in [0.15, 0.2) is 0 Å². The highest BCUT2D eigenvalue weighted by molar-refractivity contribution is 5.95. The third-order valence-electron chi connectivity index (χ3n) is 3.58. The Balaban J connectivity index is 2.30. The summed E-state index contributed by atoms with van der Waals surface area (Å²) >= 11 is 0. The number of piperidine rings is 1. The SMILES string of the molecule is CCN1CCC(N(C)C(=O)NC(=O)COCC(=O)O)CC1. The number of aliphatic carboxylic acids is 1. The van der Waals surface area contributed by atoms with Crippen LogP contribution in [0, 0.1) is 0 Å². The van der Waals surface area contributed by atoms with Gasteiger partial charge in [0.15, 0.2) is 0 Å². The first-order chi connectivity index (χ1) is 9.93. The Bertz CT molecular complexity index is 380. The highest BCUT2D eigenvalue weighted by Gasteiger charge is 2.25. The fraction of sp³-hybridized carbons (Fsp3) is 0.769. The van der Waals surface area contributed by atoms with Crippen LogP contribution in [0.1, 0.15) is 19.8 Å². The van der Waals surface area contributed by atoms with Gasteiger partial charge in [-0.3, -0.25) is 10.1 Å². The average molecular weight is 301 g/mol. The van der Waals surface area contributed by atoms with E-state index in [4.69, 9.17) is 5.11 Å². The maximum atomic E-state index is 11.9. The molecule has 1 rings (SSSR count). The maximum Gasteiger partial charge on any atom is 0.329 e. The Hall–Kier alpha value is -1.67. The number of hydrogen-bond donors (Lipinski definition) is 2. The van der Waals surface area contributed by atoms with Crippen molar-refractivity contribution in [2.24, 2.45) is 0 Å². The number of ether oxygens (including phenoxy) is 1. The molecule has 0 radical (unpaired) electrons. The van der Waals surface area contributed by atoms with Gasteiger partial charge in [0.1, 0.15) is 13.2 Å². The van der Waals surface area contributed by atoms with E-state index in [9.17, 15) is 14.4 Å². The molecule has 8 nitrogen and oxygen atoms in total. The summed E-state index contributed by atoms with van der Waals surface area (Å²) in [5, 5.41) is 10.6. The normalized spacial score (nSPS) is 16.5. The largest absolute Gasteiger partial charge is 0.480 e. The fourth-order valence-electron chi connectivity index (χ4n) is 2.26. The molecule has 120 valence electrons. The lowest BCUT2D eigenvalue weighted by Gasteiger charge is -2.36. The molecule has 8 heteroatoms. The van der Waals surface area contributed by atoms with Gasteiger partial charge in [-0.25, -0.2) is 9.59 Å². The molecule has 0 aromatic rings. The van der Waals surface area contributed by atoms with Crippen LogP contribution in [0.4, 0.5) is 4.79 Å². The Morgan fingerprint density at radius 3 is 2.43 bits per heavy atom. The fourth-order valence-corrected chi connectivity index (χ4v) is 2.26. The summed E-state index contributed by atoms with van der Waals surface area (Å²) in [6, 6.07) is -0.366. The molecule has 1 fully saturated rings. The van der Waals surface area contributed by atoms with Crippen molar-refractivity contribution in [2.45, 2.75) is 25.8 Å². The van der Waals surface area contributed by atoms with E-state index < -0.39 is 31.1 Å². The van der Waals surface area contributed by atoms with Gasteiger partial charge >= 0.3 is 12.0 Å². The minimum absolute atomic E-state index is 0.112. The van der Waals surface area contributed by atoms with Crippen LogP contribution in [0.2, 0.25) is 0 Å². The summed E-state index contributed by atoms with van der Waals surface area (Å²) in [5.41, 5.74) is 0. The van der Waals surface area contributed by atoms with Gasteiger partial charge in [0, 0.05) is 26.2 Å². The summed E-state index contributed by atoms with van der Waals surface area (Å²) in [4.78, 5) is 37.4. The molecular weight excluding hydrogens is 278 g/mol. The number of carbonyl (C=O) groups is 3. The van der Waals surface area contributed by atoms with Crippen LogP contribution < -0.4 is 5.32 Å². The van der Waals surface area contributed by atoms with Crippen LogP contribution in [0.25, 0.3) is 0 Å². The van der Waals surface area contributed by atoms with E-state index in [-0.39, 0.29) is 6.04 Å². The van der Waals surface area contributed by atoms with Crippen molar-refractivity contribution in [1.82, 2.24) is 15.1 Å². The van der Waals surface area contributed by atoms with Gasteiger partial charge in [-0.2, -0.15) is 0 Å². The lowest BCUT2D eigenvalue weighted by atomic mass is 10.0. The van der Waals surface area contributed by atoms with Gasteiger partial charge < -0.3 is 19.6 Å². The molecule has 0 unspecified atom stereocenters. The number of likely N-dealkylation sites (tertiary alicyclic amines) is 1. The Kier molecular flexibility index (Phi) is 7.10. The van der Waals surface area contributed by atoms with Crippen molar-refractivity contribution in [3.63, 3.8) is 0 Å². The first-order valence-electron chi connectivity index (χ1n) is 7.02. The van der Waals surface area contributed by atoms with Crippen molar-refractivity contribution < 1.29 is 24.2 Å². The maximum absolute atomic E-state index is 11.9. The van der Waals surface area contributed by atoms with Crippen molar-refractivity contribution in [3.8, 4) is 0 Å². The lowest BCUT2D eigenvalue weighted by molar-refractivity contribution is -0.143. The number of hydrogen-bond acceptors (Lipinski definition) is 5. The minimum atomic E-state index is -1.16. The number of imide groups is 1. The van der Waals surface area contributed by atoms with Gasteiger partial charge in [0.25, 0.3) is 5.91 Å². The van der Waals surface area contributed by atoms with Crippen LogP contribution in [-0.2, 0) is 14.3 Å². The van der Waals surface area contributed by atoms with E-state index in [1.54, 1.807) is 7.05 Å². The van der Waals surface area contributed by atoms with Crippen LogP contribution in [0.3, 0.4) is 0 Å². The van der Waals surface area contributed by atoms with Crippen molar-refractivity contribution in [2.75, 3.05) is 39.9 Å². The predicted octanol–water partition coefficient (Wildman–Crippen LogP) is -0.260. The van der Waals surface area contributed by atoms with Crippen molar-refractivity contribution in [1.29, 1.82) is 0 Å². The summed E-state index contributed by atoms with van der Waals surface area (Å²) in [5.74, 6) is -1.80. The Morgan fingerprint density at radius 2 is 1.90 bits per heavy atom. The second-order valence-corrected chi connectivity index (χ2v) is 5.02. The molecule has 1 aliphatic rings. The molecule has 1 saturated heterocycles. The zero-order chi connectivity index (χ0) is 15.8. The van der Waals surface area contributed by atoms with E-state index in [0.717, 1.165) is 32.5 Å². The van der Waals surface area contributed by atoms with Gasteiger partial charge in [-0.05, 0) is 19.4 Å². The molecule has 2 N–H and O–H groups in total. The highest BCUT2D eigenvalue weighted by atomic mass is 16.5. The molecule has 0 atom stereocenters. The lowest BCUT2D eigenvalue weighted by Crippen LogP contribution is -2.50. The summed E-state index contributed by atoms with van der Waals surface area (Å²) in [6.45, 7) is 3.98. The average Bonchev–Trinajstić information content (AvgIpc) is 2.46. The molecule has 0 bridgehead atoms. The number of nitrogens with zero attached hydrogens (tertiary/aromatic N) is 2. The molecule has 0 saturated carbocycles. The zero-order valence-corrected chi connectivity index (χ0v) is 12.5. The third-order valence-corrected chi connectivity index (χ3v) is 3.58. The predicted molar refractivity (Wildman–Crippen MR) is 74.9 cm³/mol. The van der Waals surface area contributed by atoms with Crippen molar-refractivity contribution >= 4 is 17.9 Å². The van der Waals surface area contributed by atoms with Crippen LogP contribution >= 0.6 is 0 Å². The Morgan fingerprint density at radius 1 is 1.29 bits per heavy atom. The number of carboxylic acids is 1. The van der Waals surface area contributed by atoms with E-state index in [1.807, 2.05) is 0 Å². The molecular formula is C13H23N3O5.